The van der Waals surface area contributed by atoms with Crippen molar-refractivity contribution in [2.24, 2.45) is 5.73 Å². The first-order chi connectivity index (χ1) is 8.78. The Labute approximate surface area is 102 Å². The Hall–Kier alpha value is -2.34. The van der Waals surface area contributed by atoms with Gasteiger partial charge in [-0.15, -0.1) is 0 Å². The van der Waals surface area contributed by atoms with Crippen LogP contribution in [0.3, 0.4) is 0 Å². The molecule has 3 aromatic rings. The van der Waals surface area contributed by atoms with Crippen LogP contribution in [0.4, 0.5) is 4.39 Å². The van der Waals surface area contributed by atoms with E-state index >= 15 is 0 Å². The SMILES string of the molecule is NCc1ncnn1-c1cnc2ccc(F)cc2c1. The van der Waals surface area contributed by atoms with Gasteiger partial charge in [-0.2, -0.15) is 5.10 Å². The molecule has 2 N–H and O–H groups in total. The van der Waals surface area contributed by atoms with Crippen LogP contribution in [0.2, 0.25) is 0 Å². The topological polar surface area (TPSA) is 69.6 Å². The summed E-state index contributed by atoms with van der Waals surface area (Å²) in [6.07, 6.45) is 3.09. The molecule has 0 amide bonds. The van der Waals surface area contributed by atoms with Gasteiger partial charge in [0.15, 0.2) is 0 Å². The van der Waals surface area contributed by atoms with Crippen LogP contribution in [0.5, 0.6) is 0 Å². The van der Waals surface area contributed by atoms with Gasteiger partial charge in [0.25, 0.3) is 0 Å². The number of nitrogens with two attached hydrogens (primary N) is 1. The van der Waals surface area contributed by atoms with Gasteiger partial charge in [0.1, 0.15) is 18.0 Å². The molecule has 0 spiro atoms. The molecule has 18 heavy (non-hydrogen) atoms. The minimum Gasteiger partial charge on any atom is -0.324 e. The number of nitrogens with zero attached hydrogens (tertiary/aromatic N) is 4. The van der Waals surface area contributed by atoms with Crippen molar-refractivity contribution in [2.45, 2.75) is 6.54 Å². The zero-order valence-corrected chi connectivity index (χ0v) is 9.42. The first-order valence-electron chi connectivity index (χ1n) is 5.42. The number of fused-ring (bicyclic) bond motifs is 1. The molecule has 2 heterocycles. The number of pyridine rings is 1. The van der Waals surface area contributed by atoms with Gasteiger partial charge in [0, 0.05) is 5.39 Å². The molecule has 0 unspecified atom stereocenters. The van der Waals surface area contributed by atoms with Crippen molar-refractivity contribution in [1.82, 2.24) is 19.7 Å². The molecule has 0 saturated heterocycles. The number of rotatable bonds is 2. The van der Waals surface area contributed by atoms with E-state index in [4.69, 9.17) is 5.73 Å². The maximum absolute atomic E-state index is 13.2. The average Bonchev–Trinajstić information content (AvgIpc) is 2.86. The van der Waals surface area contributed by atoms with Gasteiger partial charge in [0.2, 0.25) is 0 Å². The summed E-state index contributed by atoms with van der Waals surface area (Å²) in [6, 6.07) is 6.26. The summed E-state index contributed by atoms with van der Waals surface area (Å²) in [4.78, 5) is 8.29. The van der Waals surface area contributed by atoms with Gasteiger partial charge < -0.3 is 5.73 Å². The summed E-state index contributed by atoms with van der Waals surface area (Å²) in [7, 11) is 0. The van der Waals surface area contributed by atoms with Crippen LogP contribution in [0.1, 0.15) is 5.82 Å². The van der Waals surface area contributed by atoms with Crippen molar-refractivity contribution in [1.29, 1.82) is 0 Å². The van der Waals surface area contributed by atoms with E-state index in [-0.39, 0.29) is 12.4 Å². The van der Waals surface area contributed by atoms with Crippen LogP contribution in [0, 0.1) is 5.82 Å². The number of halogens is 1. The van der Waals surface area contributed by atoms with Crippen LogP contribution >= 0.6 is 0 Å². The van der Waals surface area contributed by atoms with Crippen molar-refractivity contribution in [3.63, 3.8) is 0 Å². The third-order valence-corrected chi connectivity index (χ3v) is 2.67. The molecule has 0 aliphatic rings. The molecular weight excluding hydrogens is 233 g/mol. The number of aromatic nitrogens is 4. The Bertz CT molecular complexity index is 707. The number of hydrogen-bond donors (Lipinski definition) is 1. The molecule has 0 fully saturated rings. The Balaban J connectivity index is 2.18. The monoisotopic (exact) mass is 243 g/mol. The van der Waals surface area contributed by atoms with Crippen LogP contribution in [0.25, 0.3) is 16.6 Å². The summed E-state index contributed by atoms with van der Waals surface area (Å²) >= 11 is 0. The molecule has 5 nitrogen and oxygen atoms in total. The van der Waals surface area contributed by atoms with Crippen LogP contribution in [-0.2, 0) is 6.54 Å². The van der Waals surface area contributed by atoms with Crippen LogP contribution in [-0.4, -0.2) is 19.7 Å². The molecule has 0 atom stereocenters. The van der Waals surface area contributed by atoms with Crippen LogP contribution < -0.4 is 5.73 Å². The molecule has 0 bridgehead atoms. The highest BCUT2D eigenvalue weighted by atomic mass is 19.1. The molecule has 1 aromatic carbocycles. The molecule has 0 aliphatic carbocycles. The van der Waals surface area contributed by atoms with Crippen molar-refractivity contribution in [3.8, 4) is 5.69 Å². The highest BCUT2D eigenvalue weighted by Gasteiger charge is 2.06. The van der Waals surface area contributed by atoms with Gasteiger partial charge in [-0.3, -0.25) is 4.98 Å². The summed E-state index contributed by atoms with van der Waals surface area (Å²) < 4.78 is 14.8. The normalized spacial score (nSPS) is 11.0. The standard InChI is InChI=1S/C12H10FN5/c13-9-1-2-11-8(3-9)4-10(6-15-11)18-12(5-14)16-7-17-18/h1-4,6-7H,5,14H2. The second-order valence-electron chi connectivity index (χ2n) is 3.82. The van der Waals surface area contributed by atoms with Gasteiger partial charge in [-0.25, -0.2) is 14.1 Å². The van der Waals surface area contributed by atoms with E-state index < -0.39 is 0 Å². The van der Waals surface area contributed by atoms with Gasteiger partial charge in [0.05, 0.1) is 23.9 Å². The molecular formula is C12H10FN5. The van der Waals surface area contributed by atoms with Crippen molar-refractivity contribution >= 4 is 10.9 Å². The maximum Gasteiger partial charge on any atom is 0.146 e. The fraction of sp³-hybridized carbons (Fsp3) is 0.0833. The Morgan fingerprint density at radius 3 is 2.94 bits per heavy atom. The first-order valence-corrected chi connectivity index (χ1v) is 5.42. The Morgan fingerprint density at radius 2 is 2.11 bits per heavy atom. The van der Waals surface area contributed by atoms with Crippen molar-refractivity contribution in [3.05, 3.63) is 48.4 Å². The van der Waals surface area contributed by atoms with Gasteiger partial charge >= 0.3 is 0 Å². The lowest BCUT2D eigenvalue weighted by molar-refractivity contribution is 0.629. The van der Waals surface area contributed by atoms with Crippen molar-refractivity contribution in [2.75, 3.05) is 0 Å². The lowest BCUT2D eigenvalue weighted by atomic mass is 10.2. The van der Waals surface area contributed by atoms with E-state index in [1.807, 2.05) is 0 Å². The third kappa shape index (κ3) is 1.72. The molecule has 0 radical (unpaired) electrons. The molecule has 6 heteroatoms. The minimum atomic E-state index is -0.293. The molecule has 0 saturated carbocycles. The molecule has 3 rings (SSSR count). The third-order valence-electron chi connectivity index (χ3n) is 2.67. The lowest BCUT2D eigenvalue weighted by Crippen LogP contribution is -2.08. The fourth-order valence-corrected chi connectivity index (χ4v) is 1.83. The second kappa shape index (κ2) is 4.15. The van der Waals surface area contributed by atoms with Crippen LogP contribution in [0.15, 0.2) is 36.8 Å². The van der Waals surface area contributed by atoms with Crippen molar-refractivity contribution < 1.29 is 4.39 Å². The van der Waals surface area contributed by atoms with E-state index in [0.29, 0.717) is 16.9 Å². The first kappa shape index (κ1) is 10.8. The second-order valence-corrected chi connectivity index (χ2v) is 3.82. The maximum atomic E-state index is 13.2. The quantitative estimate of drug-likeness (QED) is 0.738. The Morgan fingerprint density at radius 1 is 1.22 bits per heavy atom. The van der Waals surface area contributed by atoms with E-state index in [0.717, 1.165) is 5.52 Å². The molecule has 0 aliphatic heterocycles. The van der Waals surface area contributed by atoms with Gasteiger partial charge in [-0.05, 0) is 24.3 Å². The zero-order chi connectivity index (χ0) is 12.5. The van der Waals surface area contributed by atoms with E-state index in [2.05, 4.69) is 15.1 Å². The Kier molecular flexibility index (Phi) is 2.49. The summed E-state index contributed by atoms with van der Waals surface area (Å²) in [5.74, 6) is 0.339. The predicted octanol–water partition coefficient (Wildman–Crippen LogP) is 1.41. The zero-order valence-electron chi connectivity index (χ0n) is 9.42. The largest absolute Gasteiger partial charge is 0.324 e. The summed E-state index contributed by atoms with van der Waals surface area (Å²) in [5.41, 5.74) is 7.01. The average molecular weight is 243 g/mol. The van der Waals surface area contributed by atoms with Gasteiger partial charge in [-0.1, -0.05) is 0 Å². The predicted molar refractivity (Wildman–Crippen MR) is 64.5 cm³/mol. The number of benzene rings is 1. The number of hydrogen-bond acceptors (Lipinski definition) is 4. The summed E-state index contributed by atoms with van der Waals surface area (Å²) in [5, 5.41) is 4.79. The highest BCUT2D eigenvalue weighted by molar-refractivity contribution is 5.80. The molecule has 2 aromatic heterocycles. The smallest absolute Gasteiger partial charge is 0.146 e. The fourth-order valence-electron chi connectivity index (χ4n) is 1.83. The van der Waals surface area contributed by atoms with E-state index in [9.17, 15) is 4.39 Å². The minimum absolute atomic E-state index is 0.279. The van der Waals surface area contributed by atoms with E-state index in [1.54, 1.807) is 23.0 Å². The van der Waals surface area contributed by atoms with E-state index in [1.165, 1.54) is 18.5 Å². The lowest BCUT2D eigenvalue weighted by Gasteiger charge is -2.05. The summed E-state index contributed by atoms with van der Waals surface area (Å²) in [6.45, 7) is 0.279. The highest BCUT2D eigenvalue weighted by Crippen LogP contribution is 2.17. The molecule has 90 valence electrons.